The van der Waals surface area contributed by atoms with Crippen molar-refractivity contribution in [1.29, 1.82) is 5.26 Å². The topological polar surface area (TPSA) is 78.7 Å². The Balaban J connectivity index is 2.37. The van der Waals surface area contributed by atoms with E-state index in [1.54, 1.807) is 24.3 Å². The van der Waals surface area contributed by atoms with Crippen molar-refractivity contribution in [1.82, 2.24) is 9.97 Å². The van der Waals surface area contributed by atoms with Crippen LogP contribution in [-0.2, 0) is 0 Å². The average molecular weight is 259 g/mol. The molecule has 0 atom stereocenters. The first-order valence-electron chi connectivity index (χ1n) is 4.97. The molecule has 2 aromatic rings. The molecule has 1 aromatic carbocycles. The number of hydrogen-bond donors (Lipinski definition) is 1. The van der Waals surface area contributed by atoms with Gasteiger partial charge >= 0.3 is 0 Å². The van der Waals surface area contributed by atoms with Gasteiger partial charge in [0, 0.05) is 5.69 Å². The lowest BCUT2D eigenvalue weighted by atomic mass is 10.2. The second kappa shape index (κ2) is 5.25. The van der Waals surface area contributed by atoms with Crippen molar-refractivity contribution >= 4 is 29.4 Å². The number of halogens is 1. The standard InChI is InChI=1S/C12H7ClN4O/c13-11-10(6-18)12(16-7-15-11)17-9-3-1-2-8(4-9)5-14/h1-4,6-7H,(H,15,16,17). The van der Waals surface area contributed by atoms with Crippen molar-refractivity contribution in [2.24, 2.45) is 0 Å². The van der Waals surface area contributed by atoms with E-state index < -0.39 is 0 Å². The fourth-order valence-corrected chi connectivity index (χ4v) is 1.56. The van der Waals surface area contributed by atoms with Crippen LogP contribution in [0, 0.1) is 11.3 Å². The highest BCUT2D eigenvalue weighted by Crippen LogP contribution is 2.21. The minimum absolute atomic E-state index is 0.0823. The monoisotopic (exact) mass is 258 g/mol. The number of carbonyl (C=O) groups is 1. The van der Waals surface area contributed by atoms with Crippen molar-refractivity contribution in [3.63, 3.8) is 0 Å². The van der Waals surface area contributed by atoms with Gasteiger partial charge in [-0.3, -0.25) is 4.79 Å². The van der Waals surface area contributed by atoms with Crippen LogP contribution in [0.25, 0.3) is 0 Å². The van der Waals surface area contributed by atoms with Crippen LogP contribution in [0.3, 0.4) is 0 Å². The van der Waals surface area contributed by atoms with E-state index in [1.807, 2.05) is 6.07 Å². The number of carbonyl (C=O) groups excluding carboxylic acids is 1. The molecule has 2 rings (SSSR count). The summed E-state index contributed by atoms with van der Waals surface area (Å²) < 4.78 is 0. The van der Waals surface area contributed by atoms with Gasteiger partial charge in [-0.2, -0.15) is 5.26 Å². The lowest BCUT2D eigenvalue weighted by Gasteiger charge is -2.08. The Labute approximate surface area is 108 Å². The number of nitrogens with zero attached hydrogens (tertiary/aromatic N) is 3. The summed E-state index contributed by atoms with van der Waals surface area (Å²) in [4.78, 5) is 18.6. The third kappa shape index (κ3) is 2.44. The molecule has 0 radical (unpaired) electrons. The number of rotatable bonds is 3. The number of anilines is 2. The molecule has 0 unspecified atom stereocenters. The predicted octanol–water partition coefficient (Wildman–Crippen LogP) is 2.56. The molecule has 0 saturated carbocycles. The van der Waals surface area contributed by atoms with E-state index in [9.17, 15) is 4.79 Å². The summed E-state index contributed by atoms with van der Waals surface area (Å²) in [5.74, 6) is 0.306. The maximum absolute atomic E-state index is 10.9. The van der Waals surface area contributed by atoms with Crippen LogP contribution < -0.4 is 5.32 Å². The summed E-state index contributed by atoms with van der Waals surface area (Å²) in [6.07, 6.45) is 1.84. The maximum atomic E-state index is 10.9. The van der Waals surface area contributed by atoms with Gasteiger partial charge in [0.2, 0.25) is 0 Å². The van der Waals surface area contributed by atoms with Crippen molar-refractivity contribution in [3.8, 4) is 6.07 Å². The molecule has 0 bridgehead atoms. The second-order valence-corrected chi connectivity index (χ2v) is 3.72. The molecule has 0 aliphatic carbocycles. The molecule has 1 N–H and O–H groups in total. The van der Waals surface area contributed by atoms with E-state index in [0.29, 0.717) is 23.4 Å². The van der Waals surface area contributed by atoms with Gasteiger partial charge in [0.05, 0.1) is 17.2 Å². The van der Waals surface area contributed by atoms with Gasteiger partial charge < -0.3 is 5.32 Å². The molecule has 0 amide bonds. The number of nitriles is 1. The fourth-order valence-electron chi connectivity index (χ4n) is 1.38. The highest BCUT2D eigenvalue weighted by atomic mass is 35.5. The molecule has 0 spiro atoms. The Morgan fingerprint density at radius 2 is 2.22 bits per heavy atom. The Morgan fingerprint density at radius 3 is 2.94 bits per heavy atom. The minimum Gasteiger partial charge on any atom is -0.339 e. The molecule has 88 valence electrons. The van der Waals surface area contributed by atoms with Gasteiger partial charge in [0.25, 0.3) is 0 Å². The quantitative estimate of drug-likeness (QED) is 0.676. The van der Waals surface area contributed by atoms with Crippen molar-refractivity contribution < 1.29 is 4.79 Å². The SMILES string of the molecule is N#Cc1cccc(Nc2ncnc(Cl)c2C=O)c1. The molecule has 0 aliphatic rings. The Kier molecular flexibility index (Phi) is 3.51. The normalized spacial score (nSPS) is 9.56. The van der Waals surface area contributed by atoms with E-state index in [-0.39, 0.29) is 10.7 Å². The number of nitrogens with one attached hydrogen (secondary N) is 1. The lowest BCUT2D eigenvalue weighted by Crippen LogP contribution is -2.00. The summed E-state index contributed by atoms with van der Waals surface area (Å²) in [6, 6.07) is 8.83. The minimum atomic E-state index is 0.0823. The van der Waals surface area contributed by atoms with E-state index in [0.717, 1.165) is 0 Å². The van der Waals surface area contributed by atoms with E-state index >= 15 is 0 Å². The first-order chi connectivity index (χ1) is 8.74. The molecule has 1 heterocycles. The van der Waals surface area contributed by atoms with Crippen LogP contribution in [0.15, 0.2) is 30.6 Å². The lowest BCUT2D eigenvalue weighted by molar-refractivity contribution is 0.112. The highest BCUT2D eigenvalue weighted by molar-refractivity contribution is 6.32. The Hall–Kier alpha value is -2.45. The second-order valence-electron chi connectivity index (χ2n) is 3.36. The smallest absolute Gasteiger partial charge is 0.156 e. The summed E-state index contributed by atoms with van der Waals surface area (Å²) in [6.45, 7) is 0. The number of aromatic nitrogens is 2. The number of benzene rings is 1. The van der Waals surface area contributed by atoms with Crippen molar-refractivity contribution in [3.05, 3.63) is 46.9 Å². The predicted molar refractivity (Wildman–Crippen MR) is 66.9 cm³/mol. The zero-order valence-corrected chi connectivity index (χ0v) is 9.85. The third-order valence-electron chi connectivity index (χ3n) is 2.21. The van der Waals surface area contributed by atoms with Crippen molar-refractivity contribution in [2.45, 2.75) is 0 Å². The fraction of sp³-hybridized carbons (Fsp3) is 0. The molecular weight excluding hydrogens is 252 g/mol. The Morgan fingerprint density at radius 1 is 1.39 bits per heavy atom. The molecule has 1 aromatic heterocycles. The molecule has 0 aliphatic heterocycles. The van der Waals surface area contributed by atoms with Gasteiger partial charge in [-0.05, 0) is 18.2 Å². The molecule has 0 fully saturated rings. The largest absolute Gasteiger partial charge is 0.339 e. The third-order valence-corrected chi connectivity index (χ3v) is 2.51. The summed E-state index contributed by atoms with van der Waals surface area (Å²) in [5, 5.41) is 11.8. The molecule has 5 nitrogen and oxygen atoms in total. The first kappa shape index (κ1) is 12.0. The van der Waals surface area contributed by atoms with E-state index in [4.69, 9.17) is 16.9 Å². The summed E-state index contributed by atoms with van der Waals surface area (Å²) in [7, 11) is 0. The van der Waals surface area contributed by atoms with Crippen molar-refractivity contribution in [2.75, 3.05) is 5.32 Å². The van der Waals surface area contributed by atoms with Crippen LogP contribution in [-0.4, -0.2) is 16.3 Å². The van der Waals surface area contributed by atoms with Crippen LogP contribution in [0.5, 0.6) is 0 Å². The molecule has 0 saturated heterocycles. The maximum Gasteiger partial charge on any atom is 0.156 e. The van der Waals surface area contributed by atoms with Crippen LogP contribution in [0.4, 0.5) is 11.5 Å². The molecule has 6 heteroatoms. The van der Waals surface area contributed by atoms with E-state index in [1.165, 1.54) is 6.33 Å². The average Bonchev–Trinajstić information content (AvgIpc) is 2.39. The summed E-state index contributed by atoms with van der Waals surface area (Å²) in [5.41, 5.74) is 1.33. The van der Waals surface area contributed by atoms with Gasteiger partial charge in [0.15, 0.2) is 6.29 Å². The Bertz CT molecular complexity index is 636. The first-order valence-corrected chi connectivity index (χ1v) is 5.35. The van der Waals surface area contributed by atoms with Gasteiger partial charge in [-0.1, -0.05) is 17.7 Å². The molecule has 18 heavy (non-hydrogen) atoms. The zero-order valence-electron chi connectivity index (χ0n) is 9.09. The highest BCUT2D eigenvalue weighted by Gasteiger charge is 2.09. The number of aldehydes is 1. The number of hydrogen-bond acceptors (Lipinski definition) is 5. The van der Waals surface area contributed by atoms with Crippen LogP contribution in [0.1, 0.15) is 15.9 Å². The van der Waals surface area contributed by atoms with Gasteiger partial charge in [-0.15, -0.1) is 0 Å². The van der Waals surface area contributed by atoms with Gasteiger partial charge in [0.1, 0.15) is 17.3 Å². The summed E-state index contributed by atoms with van der Waals surface area (Å²) >= 11 is 5.78. The molecular formula is C12H7ClN4O. The van der Waals surface area contributed by atoms with Crippen LogP contribution >= 0.6 is 11.6 Å². The zero-order chi connectivity index (χ0) is 13.0. The van der Waals surface area contributed by atoms with E-state index in [2.05, 4.69) is 15.3 Å². The van der Waals surface area contributed by atoms with Gasteiger partial charge in [-0.25, -0.2) is 9.97 Å². The van der Waals surface area contributed by atoms with Crippen LogP contribution in [0.2, 0.25) is 5.15 Å².